The Morgan fingerprint density at radius 2 is 1.74 bits per heavy atom. The first-order valence-electron chi connectivity index (χ1n) is 15.3. The van der Waals surface area contributed by atoms with Gasteiger partial charge in [0.15, 0.2) is 0 Å². The molecule has 222 valence electrons. The number of hydrogen-bond donors (Lipinski definition) is 0. The number of aromatic nitrogens is 1. The smallest absolute Gasteiger partial charge is 0.306 e. The van der Waals surface area contributed by atoms with Gasteiger partial charge in [0.2, 0.25) is 0 Å². The van der Waals surface area contributed by atoms with Crippen molar-refractivity contribution in [2.75, 3.05) is 32.8 Å². The van der Waals surface area contributed by atoms with Crippen LogP contribution in [0.25, 0.3) is 5.57 Å². The predicted octanol–water partition coefficient (Wildman–Crippen LogP) is 7.72. The average molecular weight is 587 g/mol. The molecule has 1 aromatic heterocycles. The van der Waals surface area contributed by atoms with Crippen molar-refractivity contribution in [3.8, 4) is 5.75 Å². The third kappa shape index (κ3) is 8.23. The molecule has 0 spiro atoms. The highest BCUT2D eigenvalue weighted by atomic mass is 35.5. The third-order valence-corrected chi connectivity index (χ3v) is 8.27. The van der Waals surface area contributed by atoms with Crippen molar-refractivity contribution in [1.29, 1.82) is 0 Å². The number of rotatable bonds is 9. The second kappa shape index (κ2) is 13.9. The van der Waals surface area contributed by atoms with E-state index < -0.39 is 0 Å². The maximum Gasteiger partial charge on any atom is 0.306 e. The number of halogens is 1. The summed E-state index contributed by atoms with van der Waals surface area (Å²) in [4.78, 5) is 19.4. The fourth-order valence-electron chi connectivity index (χ4n) is 5.78. The van der Waals surface area contributed by atoms with Gasteiger partial charge in [-0.2, -0.15) is 0 Å². The summed E-state index contributed by atoms with van der Waals surface area (Å²) in [7, 11) is 0. The van der Waals surface area contributed by atoms with Crippen molar-refractivity contribution >= 4 is 23.1 Å². The minimum Gasteiger partial charge on any atom is -0.494 e. The second-order valence-corrected chi connectivity index (χ2v) is 13.1. The molecule has 1 fully saturated rings. The average Bonchev–Trinajstić information content (AvgIpc) is 3.14. The zero-order valence-electron chi connectivity index (χ0n) is 25.3. The van der Waals surface area contributed by atoms with Crippen LogP contribution in [0.5, 0.6) is 5.75 Å². The molecule has 0 atom stereocenters. The number of hydrogen-bond acceptors (Lipinski definition) is 5. The minimum atomic E-state index is -0.142. The summed E-state index contributed by atoms with van der Waals surface area (Å²) >= 11 is 6.38. The number of ether oxygens (including phenoxy) is 2. The standard InChI is InChI=1S/C36H43ClN2O3/c1-36(2,3)25-42-33(40)16-9-26-7-13-31(14-8-26)41-23-5-20-39-21-17-27(18-22-39)34-32-15-12-30(37)24-29(32)11-10-28-6-4-19-38-35(28)34/h4,6-8,12-15,19,24H,5,9-11,16-18,20-23,25H2,1-3H3. The molecule has 0 unspecified atom stereocenters. The highest BCUT2D eigenvalue weighted by Gasteiger charge is 2.25. The highest BCUT2D eigenvalue weighted by molar-refractivity contribution is 6.30. The summed E-state index contributed by atoms with van der Waals surface area (Å²) in [6.45, 7) is 10.5. The molecule has 1 aliphatic carbocycles. The van der Waals surface area contributed by atoms with E-state index in [2.05, 4.69) is 49.9 Å². The van der Waals surface area contributed by atoms with Crippen molar-refractivity contribution in [2.24, 2.45) is 5.41 Å². The van der Waals surface area contributed by atoms with Gasteiger partial charge in [0.1, 0.15) is 5.75 Å². The third-order valence-electron chi connectivity index (χ3n) is 8.04. The zero-order valence-corrected chi connectivity index (χ0v) is 26.0. The maximum atomic E-state index is 12.0. The first-order chi connectivity index (χ1) is 20.2. The van der Waals surface area contributed by atoms with Crippen LogP contribution in [0.3, 0.4) is 0 Å². The summed E-state index contributed by atoms with van der Waals surface area (Å²) in [5.41, 5.74) is 9.07. The number of carbonyl (C=O) groups excluding carboxylic acids is 1. The summed E-state index contributed by atoms with van der Waals surface area (Å²) in [6.07, 6.45) is 8.08. The van der Waals surface area contributed by atoms with E-state index in [1.54, 1.807) is 0 Å². The van der Waals surface area contributed by atoms with E-state index in [4.69, 9.17) is 26.1 Å². The van der Waals surface area contributed by atoms with Gasteiger partial charge in [0.25, 0.3) is 0 Å². The Labute approximate surface area is 255 Å². The monoisotopic (exact) mass is 586 g/mol. The van der Waals surface area contributed by atoms with Crippen LogP contribution < -0.4 is 4.74 Å². The van der Waals surface area contributed by atoms with E-state index in [9.17, 15) is 4.79 Å². The van der Waals surface area contributed by atoms with Gasteiger partial charge in [0.05, 0.1) is 18.9 Å². The fourth-order valence-corrected chi connectivity index (χ4v) is 5.97. The Balaban J connectivity index is 1.09. The molecule has 1 saturated heterocycles. The first kappa shape index (κ1) is 30.3. The van der Waals surface area contributed by atoms with Crippen molar-refractivity contribution in [3.63, 3.8) is 0 Å². The van der Waals surface area contributed by atoms with E-state index in [-0.39, 0.29) is 11.4 Å². The Kier molecular flexibility index (Phi) is 10.0. The van der Waals surface area contributed by atoms with Crippen molar-refractivity contribution < 1.29 is 14.3 Å². The lowest BCUT2D eigenvalue weighted by Gasteiger charge is -2.30. The highest BCUT2D eigenvalue weighted by Crippen LogP contribution is 2.38. The number of benzene rings is 2. The van der Waals surface area contributed by atoms with Crippen molar-refractivity contribution in [3.05, 3.63) is 99.3 Å². The number of likely N-dealkylation sites (tertiary alicyclic amines) is 1. The number of pyridine rings is 1. The van der Waals surface area contributed by atoms with Crippen LogP contribution in [-0.2, 0) is 28.8 Å². The summed E-state index contributed by atoms with van der Waals surface area (Å²) in [5, 5.41) is 0.804. The molecule has 3 aromatic rings. The van der Waals surface area contributed by atoms with Gasteiger partial charge in [0, 0.05) is 42.8 Å². The molecule has 2 heterocycles. The van der Waals surface area contributed by atoms with E-state index in [0.717, 1.165) is 73.8 Å². The molecule has 5 nitrogen and oxygen atoms in total. The fraction of sp³-hybridized carbons (Fsp3) is 0.444. The quantitative estimate of drug-likeness (QED) is 0.190. The lowest BCUT2D eigenvalue weighted by molar-refractivity contribution is -0.146. The van der Waals surface area contributed by atoms with Gasteiger partial charge in [-0.25, -0.2) is 0 Å². The van der Waals surface area contributed by atoms with Gasteiger partial charge < -0.3 is 14.4 Å². The van der Waals surface area contributed by atoms with E-state index in [1.807, 2.05) is 36.5 Å². The number of piperidine rings is 1. The molecular weight excluding hydrogens is 544 g/mol. The molecule has 0 saturated carbocycles. The summed E-state index contributed by atoms with van der Waals surface area (Å²) < 4.78 is 11.4. The number of aryl methyl sites for hydroxylation is 3. The molecule has 0 radical (unpaired) electrons. The zero-order chi connectivity index (χ0) is 29.5. The van der Waals surface area contributed by atoms with Crippen LogP contribution in [0.2, 0.25) is 5.02 Å². The van der Waals surface area contributed by atoms with Crippen LogP contribution in [0, 0.1) is 5.41 Å². The molecule has 6 heteroatoms. The molecule has 42 heavy (non-hydrogen) atoms. The number of carbonyl (C=O) groups is 1. The molecule has 1 aliphatic heterocycles. The Hall–Kier alpha value is -3.15. The minimum absolute atomic E-state index is 0.00920. The van der Waals surface area contributed by atoms with E-state index in [0.29, 0.717) is 26.1 Å². The molecule has 2 aliphatic rings. The lowest BCUT2D eigenvalue weighted by Crippen LogP contribution is -2.32. The van der Waals surface area contributed by atoms with Gasteiger partial charge in [-0.1, -0.05) is 62.2 Å². The van der Waals surface area contributed by atoms with Crippen molar-refractivity contribution in [1.82, 2.24) is 9.88 Å². The summed E-state index contributed by atoms with van der Waals surface area (Å²) in [5.74, 6) is 0.731. The molecule has 0 amide bonds. The Bertz CT molecular complexity index is 1400. The van der Waals surface area contributed by atoms with Crippen LogP contribution >= 0.6 is 11.6 Å². The number of esters is 1. The normalized spacial score (nSPS) is 15.5. The number of fused-ring (bicyclic) bond motifs is 2. The van der Waals surface area contributed by atoms with Gasteiger partial charge in [-0.15, -0.1) is 0 Å². The largest absolute Gasteiger partial charge is 0.494 e. The van der Waals surface area contributed by atoms with Crippen LogP contribution in [0.1, 0.15) is 74.4 Å². The molecular formula is C36H43ClN2O3. The van der Waals surface area contributed by atoms with Crippen LogP contribution in [0.15, 0.2) is 66.4 Å². The van der Waals surface area contributed by atoms with Gasteiger partial charge >= 0.3 is 5.97 Å². The Morgan fingerprint density at radius 3 is 2.50 bits per heavy atom. The molecule has 0 N–H and O–H groups in total. The van der Waals surface area contributed by atoms with Crippen molar-refractivity contribution in [2.45, 2.75) is 65.7 Å². The van der Waals surface area contributed by atoms with Crippen LogP contribution in [-0.4, -0.2) is 48.7 Å². The molecule has 0 bridgehead atoms. The Morgan fingerprint density at radius 1 is 0.976 bits per heavy atom. The van der Waals surface area contributed by atoms with Crippen LogP contribution in [0.4, 0.5) is 0 Å². The first-order valence-corrected chi connectivity index (χ1v) is 15.7. The van der Waals surface area contributed by atoms with Gasteiger partial charge in [-0.05, 0) is 96.5 Å². The van der Waals surface area contributed by atoms with E-state index >= 15 is 0 Å². The topological polar surface area (TPSA) is 51.7 Å². The second-order valence-electron chi connectivity index (χ2n) is 12.7. The SMILES string of the molecule is CC(C)(C)COC(=O)CCc1ccc(OCCCN2CCC(=C3c4ccc(Cl)cc4CCc4cccnc43)CC2)cc1. The lowest BCUT2D eigenvalue weighted by atomic mass is 9.88. The van der Waals surface area contributed by atoms with E-state index in [1.165, 1.54) is 27.8 Å². The molecule has 2 aromatic carbocycles. The molecule has 5 rings (SSSR count). The number of nitrogens with zero attached hydrogens (tertiary/aromatic N) is 2. The van der Waals surface area contributed by atoms with Gasteiger partial charge in [-0.3, -0.25) is 9.78 Å². The maximum absolute atomic E-state index is 12.0. The predicted molar refractivity (Wildman–Crippen MR) is 170 cm³/mol. The summed E-state index contributed by atoms with van der Waals surface area (Å²) in [6, 6.07) is 18.7.